The topological polar surface area (TPSA) is 125 Å². The molecule has 0 spiro atoms. The lowest BCUT2D eigenvalue weighted by atomic mass is 10.5. The van der Waals surface area contributed by atoms with Crippen LogP contribution in [-0.4, -0.2) is 32.3 Å². The van der Waals surface area contributed by atoms with Crippen LogP contribution >= 0.6 is 7.60 Å². The molecule has 2 heterocycles. The summed E-state index contributed by atoms with van der Waals surface area (Å²) in [4.78, 5) is 42.5. The van der Waals surface area contributed by atoms with Crippen LogP contribution in [0.5, 0.6) is 0 Å². The lowest BCUT2D eigenvalue weighted by Crippen LogP contribution is -2.41. The van der Waals surface area contributed by atoms with Crippen molar-refractivity contribution in [2.45, 2.75) is 13.8 Å². The number of hydrogen-bond acceptors (Lipinski definition) is 7. The van der Waals surface area contributed by atoms with E-state index in [-0.39, 0.29) is 24.4 Å². The van der Waals surface area contributed by atoms with Crippen molar-refractivity contribution in [1.82, 2.24) is 19.1 Å². The second-order valence-electron chi connectivity index (χ2n) is 4.63. The van der Waals surface area contributed by atoms with E-state index < -0.39 is 29.8 Å². The Hall–Kier alpha value is -2.03. The summed E-state index contributed by atoms with van der Waals surface area (Å²) in [6.45, 7) is 3.23. The zero-order valence-corrected chi connectivity index (χ0v) is 14.0. The van der Waals surface area contributed by atoms with E-state index in [0.29, 0.717) is 0 Å². The normalized spacial score (nSPS) is 12.0. The summed E-state index contributed by atoms with van der Waals surface area (Å²) >= 11 is 0. The van der Waals surface area contributed by atoms with Crippen LogP contribution in [0.4, 0.5) is 0 Å². The summed E-state index contributed by atoms with van der Waals surface area (Å²) in [5, 5.41) is 0. The van der Waals surface area contributed by atoms with Crippen LogP contribution in [0.2, 0.25) is 0 Å². The van der Waals surface area contributed by atoms with Crippen molar-refractivity contribution in [2.24, 2.45) is 14.1 Å². The summed E-state index contributed by atoms with van der Waals surface area (Å²) in [6.07, 6.45) is 0. The molecule has 1 N–H and O–H groups in total. The van der Waals surface area contributed by atoms with E-state index in [2.05, 4.69) is 9.97 Å². The zero-order chi connectivity index (χ0) is 17.4. The second kappa shape index (κ2) is 6.23. The predicted molar refractivity (Wildman–Crippen MR) is 83.3 cm³/mol. The maximum atomic E-state index is 12.7. The van der Waals surface area contributed by atoms with Crippen LogP contribution in [0.3, 0.4) is 0 Å². The van der Waals surface area contributed by atoms with E-state index in [9.17, 15) is 18.9 Å². The minimum absolute atomic E-state index is 0.0295. The molecule has 2 rings (SSSR count). The third kappa shape index (κ3) is 2.80. The smallest absolute Gasteiger partial charge is 0.304 e. The van der Waals surface area contributed by atoms with Crippen molar-refractivity contribution in [3.63, 3.8) is 0 Å². The number of aromatic nitrogens is 4. The fourth-order valence-electron chi connectivity index (χ4n) is 2.08. The average molecular weight is 344 g/mol. The van der Waals surface area contributed by atoms with Gasteiger partial charge in [-0.1, -0.05) is 0 Å². The number of rotatable bonds is 5. The number of fused-ring (bicyclic) bond motifs is 1. The molecule has 0 radical (unpaired) electrons. The van der Waals surface area contributed by atoms with Gasteiger partial charge in [-0.2, -0.15) is 0 Å². The first kappa shape index (κ1) is 17.3. The van der Waals surface area contributed by atoms with E-state index in [1.165, 1.54) is 14.1 Å². The third-order valence-electron chi connectivity index (χ3n) is 3.15. The molecule has 0 aromatic carbocycles. The van der Waals surface area contributed by atoms with Gasteiger partial charge in [-0.3, -0.25) is 23.3 Å². The Balaban J connectivity index is 2.91. The highest BCUT2D eigenvalue weighted by Gasteiger charge is 2.33. The highest BCUT2D eigenvalue weighted by atomic mass is 31.2. The molecule has 0 unspecified atom stereocenters. The summed E-state index contributed by atoms with van der Waals surface area (Å²) in [5.74, 6) is 0. The van der Waals surface area contributed by atoms with Crippen molar-refractivity contribution in [2.75, 3.05) is 13.2 Å². The van der Waals surface area contributed by atoms with Gasteiger partial charge in [-0.25, -0.2) is 9.78 Å². The third-order valence-corrected chi connectivity index (χ3v) is 5.17. The molecule has 2 aromatic rings. The van der Waals surface area contributed by atoms with Gasteiger partial charge in [0, 0.05) is 14.1 Å². The predicted octanol–water partition coefficient (Wildman–Crippen LogP) is -0.788. The molecule has 0 aliphatic heterocycles. The van der Waals surface area contributed by atoms with Crippen molar-refractivity contribution < 1.29 is 13.6 Å². The van der Waals surface area contributed by atoms with E-state index in [0.717, 1.165) is 9.13 Å². The number of hydrogen-bond donors (Lipinski definition) is 1. The molecule has 0 fully saturated rings. The fraction of sp³-hybridized carbons (Fsp3) is 0.500. The molecular formula is C12H17N4O6P. The Kier molecular flexibility index (Phi) is 4.69. The number of nitrogens with one attached hydrogen (secondary N) is 1. The highest BCUT2D eigenvalue weighted by Crippen LogP contribution is 2.44. The van der Waals surface area contributed by atoms with Gasteiger partial charge in [-0.15, -0.1) is 0 Å². The Morgan fingerprint density at radius 1 is 1.09 bits per heavy atom. The number of nitrogens with zero attached hydrogens (tertiary/aromatic N) is 3. The molecule has 0 saturated carbocycles. The number of aromatic amines is 1. The van der Waals surface area contributed by atoms with Crippen LogP contribution in [0.25, 0.3) is 11.2 Å². The molecule has 11 heteroatoms. The molecular weight excluding hydrogens is 327 g/mol. The van der Waals surface area contributed by atoms with Crippen molar-refractivity contribution in [1.29, 1.82) is 0 Å². The molecule has 0 aliphatic rings. The summed E-state index contributed by atoms with van der Waals surface area (Å²) in [5.41, 5.74) is -2.96. The lowest BCUT2D eigenvalue weighted by Gasteiger charge is -2.16. The SMILES string of the molecule is CCOP(=O)(OCC)c1nc2c(=O)n(C)c(=O)n(C)c2[nH]c1=O. The standard InChI is InChI=1S/C12H17N4O6P/c1-5-21-23(20,22-6-2)10-9(17)14-8-7(13-10)11(18)16(4)12(19)15(8)3/h5-6H2,1-4H3,(H,14,17). The van der Waals surface area contributed by atoms with Gasteiger partial charge in [0.25, 0.3) is 11.1 Å². The molecule has 126 valence electrons. The minimum atomic E-state index is -3.97. The Labute approximate surface area is 130 Å². The average Bonchev–Trinajstić information content (AvgIpc) is 2.51. The van der Waals surface area contributed by atoms with Crippen LogP contribution in [-0.2, 0) is 27.7 Å². The van der Waals surface area contributed by atoms with E-state index in [1.807, 2.05) is 0 Å². The Morgan fingerprint density at radius 2 is 1.65 bits per heavy atom. The first-order chi connectivity index (χ1) is 10.8. The van der Waals surface area contributed by atoms with E-state index in [4.69, 9.17) is 9.05 Å². The highest BCUT2D eigenvalue weighted by molar-refractivity contribution is 7.61. The van der Waals surface area contributed by atoms with Crippen LogP contribution < -0.4 is 22.2 Å². The van der Waals surface area contributed by atoms with Crippen LogP contribution in [0.1, 0.15) is 13.8 Å². The van der Waals surface area contributed by atoms with Gasteiger partial charge in [0.2, 0.25) is 5.44 Å². The minimum Gasteiger partial charge on any atom is -0.304 e. The lowest BCUT2D eigenvalue weighted by molar-refractivity contribution is 0.229. The molecule has 0 saturated heterocycles. The zero-order valence-electron chi connectivity index (χ0n) is 13.2. The van der Waals surface area contributed by atoms with Crippen LogP contribution in [0.15, 0.2) is 14.4 Å². The summed E-state index contributed by atoms with van der Waals surface area (Å²) < 4.78 is 24.8. The molecule has 0 bridgehead atoms. The quantitative estimate of drug-likeness (QED) is 0.705. The monoisotopic (exact) mass is 344 g/mol. The molecule has 0 amide bonds. The molecule has 10 nitrogen and oxygen atoms in total. The van der Waals surface area contributed by atoms with E-state index >= 15 is 0 Å². The van der Waals surface area contributed by atoms with Gasteiger partial charge in [0.05, 0.1) is 13.2 Å². The molecule has 0 atom stereocenters. The first-order valence-electron chi connectivity index (χ1n) is 6.86. The van der Waals surface area contributed by atoms with Crippen LogP contribution in [0, 0.1) is 0 Å². The van der Waals surface area contributed by atoms with Crippen molar-refractivity contribution >= 4 is 24.2 Å². The summed E-state index contributed by atoms with van der Waals surface area (Å²) in [6, 6.07) is 0. The molecule has 23 heavy (non-hydrogen) atoms. The van der Waals surface area contributed by atoms with Crippen molar-refractivity contribution in [3.05, 3.63) is 31.2 Å². The van der Waals surface area contributed by atoms with Crippen molar-refractivity contribution in [3.8, 4) is 0 Å². The number of H-pyrrole nitrogens is 1. The maximum absolute atomic E-state index is 12.7. The number of aryl methyl sites for hydroxylation is 1. The maximum Gasteiger partial charge on any atom is 0.385 e. The Morgan fingerprint density at radius 3 is 2.17 bits per heavy atom. The Bertz CT molecular complexity index is 962. The molecule has 0 aliphatic carbocycles. The van der Waals surface area contributed by atoms with Gasteiger partial charge in [0.15, 0.2) is 5.52 Å². The van der Waals surface area contributed by atoms with Gasteiger partial charge < -0.3 is 14.0 Å². The molecule has 2 aromatic heterocycles. The first-order valence-corrected chi connectivity index (χ1v) is 8.40. The van der Waals surface area contributed by atoms with Gasteiger partial charge in [0.1, 0.15) is 5.65 Å². The van der Waals surface area contributed by atoms with Gasteiger partial charge in [-0.05, 0) is 13.8 Å². The largest absolute Gasteiger partial charge is 0.385 e. The summed E-state index contributed by atoms with van der Waals surface area (Å²) in [7, 11) is -1.31. The van der Waals surface area contributed by atoms with Gasteiger partial charge >= 0.3 is 13.3 Å². The fourth-order valence-corrected chi connectivity index (χ4v) is 3.60. The second-order valence-corrected chi connectivity index (χ2v) is 6.56. The van der Waals surface area contributed by atoms with E-state index in [1.54, 1.807) is 13.8 Å².